The molecule has 12 heterocycles. The van der Waals surface area contributed by atoms with Crippen LogP contribution >= 0.6 is 22.7 Å². The third-order valence-corrected chi connectivity index (χ3v) is 15.3. The third kappa shape index (κ3) is 9.63. The zero-order valence-corrected chi connectivity index (χ0v) is 42.9. The summed E-state index contributed by atoms with van der Waals surface area (Å²) in [7, 11) is 0. The number of pyridine rings is 5. The van der Waals surface area contributed by atoms with Crippen LogP contribution in [0.25, 0.3) is 110 Å². The predicted octanol–water partition coefficient (Wildman–Crippen LogP) is 14.5. The minimum Gasteiger partial charge on any atom is -0.354 e. The van der Waals surface area contributed by atoms with E-state index in [-0.39, 0.29) is 0 Å². The van der Waals surface area contributed by atoms with Gasteiger partial charge in [-0.25, -0.2) is 9.97 Å². The lowest BCUT2D eigenvalue weighted by Crippen LogP contribution is -2.22. The molecule has 75 heavy (non-hydrogen) atoms. The fourth-order valence-corrected chi connectivity index (χ4v) is 11.2. The Kier molecular flexibility index (Phi) is 12.9. The highest BCUT2D eigenvalue weighted by molar-refractivity contribution is 7.13. The van der Waals surface area contributed by atoms with Crippen molar-refractivity contribution in [2.45, 2.75) is 20.3 Å². The Morgan fingerprint density at radius 2 is 1.39 bits per heavy atom. The molecule has 1 atom stereocenters. The molecule has 1 aliphatic rings. The third-order valence-electron chi connectivity index (χ3n) is 13.5. The molecule has 0 amide bonds. The van der Waals surface area contributed by atoms with E-state index in [1.165, 1.54) is 12.0 Å². The van der Waals surface area contributed by atoms with Crippen LogP contribution in [0.1, 0.15) is 31.5 Å². The molecule has 1 aromatic carbocycles. The quantitative estimate of drug-likeness (QED) is 0.0706. The van der Waals surface area contributed by atoms with Gasteiger partial charge in [-0.1, -0.05) is 74.7 Å². The summed E-state index contributed by atoms with van der Waals surface area (Å²) in [5.74, 6) is 0.762. The van der Waals surface area contributed by atoms with Gasteiger partial charge in [0.05, 0.1) is 66.8 Å². The molecule has 0 radical (unpaired) electrons. The second kappa shape index (κ2) is 20.6. The number of hydrogen-bond donors (Lipinski definition) is 5. The number of allylic oxidation sites excluding steroid dienone is 3. The van der Waals surface area contributed by atoms with E-state index < -0.39 is 0 Å². The Labute approximate surface area is 440 Å². The number of hydrogen-bond acceptors (Lipinski definition) is 11. The summed E-state index contributed by atoms with van der Waals surface area (Å²) in [6.07, 6.45) is 14.8. The van der Waals surface area contributed by atoms with E-state index in [1.54, 1.807) is 28.9 Å². The summed E-state index contributed by atoms with van der Waals surface area (Å²) >= 11 is 3.37. The van der Waals surface area contributed by atoms with Crippen LogP contribution in [-0.2, 0) is 0 Å². The summed E-state index contributed by atoms with van der Waals surface area (Å²) < 4.78 is 0. The summed E-state index contributed by atoms with van der Waals surface area (Å²) in [5.41, 5.74) is 18.3. The number of anilines is 1. The second-order valence-electron chi connectivity index (χ2n) is 18.6. The first-order chi connectivity index (χ1) is 36.8. The molecule has 11 aromatic heterocycles. The first-order valence-corrected chi connectivity index (χ1v) is 26.5. The summed E-state index contributed by atoms with van der Waals surface area (Å²) in [5, 5.41) is 25.1. The smallest absolute Gasteiger partial charge is 0.135 e. The van der Waals surface area contributed by atoms with Crippen molar-refractivity contribution < 1.29 is 0 Å². The second-order valence-corrected chi connectivity index (χ2v) is 20.5. The van der Waals surface area contributed by atoms with Crippen molar-refractivity contribution in [2.75, 3.05) is 25.0 Å². The summed E-state index contributed by atoms with van der Waals surface area (Å²) in [6.45, 7) is 15.8. The van der Waals surface area contributed by atoms with Gasteiger partial charge in [0.15, 0.2) is 0 Å². The lowest BCUT2D eigenvalue weighted by Gasteiger charge is -2.16. The molecule has 1 fully saturated rings. The highest BCUT2D eigenvalue weighted by atomic mass is 32.1. The molecule has 15 heteroatoms. The van der Waals surface area contributed by atoms with E-state index in [9.17, 15) is 0 Å². The fourth-order valence-electron chi connectivity index (χ4n) is 9.71. The van der Waals surface area contributed by atoms with Crippen LogP contribution in [0.15, 0.2) is 182 Å². The van der Waals surface area contributed by atoms with Gasteiger partial charge < -0.3 is 15.3 Å². The molecular formula is C60H51N13S2. The molecule has 1 aliphatic heterocycles. The zero-order chi connectivity index (χ0) is 50.8. The van der Waals surface area contributed by atoms with E-state index in [0.717, 1.165) is 153 Å². The van der Waals surface area contributed by atoms with Crippen molar-refractivity contribution in [2.24, 2.45) is 5.92 Å². The van der Waals surface area contributed by atoms with E-state index in [0.29, 0.717) is 0 Å². The van der Waals surface area contributed by atoms with Gasteiger partial charge in [-0.2, -0.15) is 10.2 Å². The number of fused-ring (bicyclic) bond motifs is 4. The highest BCUT2D eigenvalue weighted by Crippen LogP contribution is 2.37. The lowest BCUT2D eigenvalue weighted by atomic mass is 10.1. The standard InChI is InChI=1S/C30H21N7S.C30H30N6S/c1-18(19-6-3-2-4-7-19)33-21-14-20(16-31-17-21)23-9-10-25-29(35-23)30(37-36-25)26-15-22-24(34-26)11-12-32-28(22)27-8-5-13-38-27;1-4-20(18-36-13-11-19(3)17-36)15-21(5-2)23-8-9-25-29(33-23)30(35-34-25)26-16-22-24(32-26)10-12-31-28(22)27-7-6-14-37-27/h2-17,33-34H,1H2,(H,36,37);4-10,12,14-16,19,32H,1,11,13,17-18H2,2-3H3,(H,34,35)/b;20-15+,21-5+. The van der Waals surface area contributed by atoms with E-state index >= 15 is 0 Å². The molecule has 1 unspecified atom stereocenters. The molecule has 1 saturated heterocycles. The van der Waals surface area contributed by atoms with Crippen molar-refractivity contribution in [3.05, 3.63) is 193 Å². The van der Waals surface area contributed by atoms with Crippen LogP contribution in [0.5, 0.6) is 0 Å². The topological polar surface area (TPSA) is 169 Å². The average molecular weight is 1020 g/mol. The number of aromatic nitrogens is 11. The highest BCUT2D eigenvalue weighted by Gasteiger charge is 2.21. The van der Waals surface area contributed by atoms with Crippen LogP contribution < -0.4 is 5.32 Å². The molecule has 0 saturated carbocycles. The Morgan fingerprint density at radius 1 is 0.733 bits per heavy atom. The maximum Gasteiger partial charge on any atom is 0.135 e. The lowest BCUT2D eigenvalue weighted by molar-refractivity contribution is 0.358. The van der Waals surface area contributed by atoms with Crippen molar-refractivity contribution >= 4 is 83.5 Å². The summed E-state index contributed by atoms with van der Waals surface area (Å²) in [6, 6.07) is 36.6. The number of likely N-dealkylation sites (tertiary alicyclic amines) is 1. The molecule has 0 bridgehead atoms. The number of benzene rings is 1. The fraction of sp³-hybridized carbons (Fsp3) is 0.117. The first-order valence-electron chi connectivity index (χ1n) is 24.8. The Hall–Kier alpha value is -8.89. The Morgan fingerprint density at radius 3 is 1.99 bits per heavy atom. The number of aromatic amines is 4. The van der Waals surface area contributed by atoms with Gasteiger partial charge in [-0.05, 0) is 126 Å². The summed E-state index contributed by atoms with van der Waals surface area (Å²) in [4.78, 5) is 35.6. The normalized spacial score (nSPS) is 14.2. The van der Waals surface area contributed by atoms with Crippen LogP contribution in [-0.4, -0.2) is 79.8 Å². The maximum absolute atomic E-state index is 5.07. The maximum atomic E-state index is 5.07. The van der Waals surface area contributed by atoms with Crippen LogP contribution in [0.4, 0.5) is 5.69 Å². The minimum absolute atomic E-state index is 0.759. The van der Waals surface area contributed by atoms with Crippen LogP contribution in [0.3, 0.4) is 0 Å². The molecule has 13 rings (SSSR count). The predicted molar refractivity (Wildman–Crippen MR) is 309 cm³/mol. The number of thiophene rings is 2. The molecule has 368 valence electrons. The number of nitrogens with zero attached hydrogens (tertiary/aromatic N) is 8. The number of rotatable bonds is 13. The van der Waals surface area contributed by atoms with E-state index in [4.69, 9.17) is 9.97 Å². The van der Waals surface area contributed by atoms with Crippen LogP contribution in [0, 0.1) is 5.92 Å². The Bertz CT molecular complexity index is 4080. The molecule has 5 N–H and O–H groups in total. The Balaban J connectivity index is 0.000000152. The van der Waals surface area contributed by atoms with Crippen molar-refractivity contribution in [3.63, 3.8) is 0 Å². The van der Waals surface area contributed by atoms with Crippen molar-refractivity contribution in [1.29, 1.82) is 0 Å². The first kappa shape index (κ1) is 47.1. The van der Waals surface area contributed by atoms with Gasteiger partial charge in [-0.3, -0.25) is 30.0 Å². The van der Waals surface area contributed by atoms with Gasteiger partial charge in [-0.15, -0.1) is 22.7 Å². The van der Waals surface area contributed by atoms with Gasteiger partial charge in [0.1, 0.15) is 22.4 Å². The zero-order valence-electron chi connectivity index (χ0n) is 41.3. The SMILES string of the molecule is C=C(Nc1cncc(-c2ccc3[nH]nc(-c4cc5c(-c6cccs6)nccc5[nH]4)c3n2)c1)c1ccccc1.C=C/C(=C\C(=C/C)c1ccc2[nH]nc(-c3cc4c(-c5cccs5)nccc4[nH]3)c2n1)CN1CCC(C)C1. The molecule has 0 spiro atoms. The van der Waals surface area contributed by atoms with Crippen molar-refractivity contribution in [1.82, 2.24) is 60.2 Å². The van der Waals surface area contributed by atoms with Gasteiger partial charge >= 0.3 is 0 Å². The van der Waals surface area contributed by atoms with Gasteiger partial charge in [0.25, 0.3) is 0 Å². The molecule has 12 aromatic rings. The van der Waals surface area contributed by atoms with E-state index in [1.807, 2.05) is 91.4 Å². The molecule has 0 aliphatic carbocycles. The average Bonchev–Trinajstić information content (AvgIpc) is 4.31. The molecule has 13 nitrogen and oxygen atoms in total. The van der Waals surface area contributed by atoms with Gasteiger partial charge in [0.2, 0.25) is 0 Å². The van der Waals surface area contributed by atoms with Gasteiger partial charge in [0, 0.05) is 64.7 Å². The minimum atomic E-state index is 0.759. The molecular weight excluding hydrogens is 967 g/mol. The van der Waals surface area contributed by atoms with Crippen LogP contribution in [0.2, 0.25) is 0 Å². The number of H-pyrrole nitrogens is 4. The van der Waals surface area contributed by atoms with E-state index in [2.05, 4.69) is 148 Å². The largest absolute Gasteiger partial charge is 0.354 e. The number of nitrogens with one attached hydrogen (secondary N) is 5. The van der Waals surface area contributed by atoms with Crippen molar-refractivity contribution in [3.8, 4) is 55.2 Å². The monoisotopic (exact) mass is 1020 g/mol.